The third-order valence-corrected chi connectivity index (χ3v) is 4.95. The summed E-state index contributed by atoms with van der Waals surface area (Å²) in [6.07, 6.45) is 14.0. The summed E-state index contributed by atoms with van der Waals surface area (Å²) in [5.74, 6) is 1.36. The first kappa shape index (κ1) is 17.5. The largest absolute Gasteiger partial charge is 0.303 e. The molecule has 1 saturated heterocycles. The van der Waals surface area contributed by atoms with Crippen molar-refractivity contribution in [3.05, 3.63) is 18.0 Å². The van der Waals surface area contributed by atoms with Gasteiger partial charge >= 0.3 is 0 Å². The molecule has 0 amide bonds. The monoisotopic (exact) mass is 305 g/mol. The Morgan fingerprint density at radius 3 is 2.77 bits per heavy atom. The Morgan fingerprint density at radius 1 is 1.23 bits per heavy atom. The number of rotatable bonds is 9. The summed E-state index contributed by atoms with van der Waals surface area (Å²) < 4.78 is 2.17. The highest BCUT2D eigenvalue weighted by atomic mass is 15.3. The van der Waals surface area contributed by atoms with Crippen LogP contribution in [-0.4, -0.2) is 34.3 Å². The molecule has 1 aliphatic rings. The summed E-state index contributed by atoms with van der Waals surface area (Å²) in [6, 6.07) is 0. The first-order chi connectivity index (χ1) is 10.7. The van der Waals surface area contributed by atoms with E-state index in [4.69, 9.17) is 0 Å². The molecule has 1 aliphatic heterocycles. The van der Waals surface area contributed by atoms with Gasteiger partial charge in [0, 0.05) is 19.3 Å². The van der Waals surface area contributed by atoms with Gasteiger partial charge in [-0.05, 0) is 49.8 Å². The Hall–Kier alpha value is -0.830. The molecule has 0 N–H and O–H groups in total. The minimum absolute atomic E-state index is 0.583. The smallest absolute Gasteiger partial charge is 0.0524 e. The highest BCUT2D eigenvalue weighted by molar-refractivity contribution is 5.08. The van der Waals surface area contributed by atoms with Crippen LogP contribution in [0.5, 0.6) is 0 Å². The van der Waals surface area contributed by atoms with Crippen LogP contribution in [0.2, 0.25) is 0 Å². The molecule has 126 valence electrons. The molecule has 1 aromatic heterocycles. The maximum absolute atomic E-state index is 4.55. The lowest BCUT2D eigenvalue weighted by atomic mass is 9.97. The number of piperidine rings is 1. The molecule has 0 spiro atoms. The Labute approximate surface area is 137 Å². The first-order valence-corrected chi connectivity index (χ1v) is 9.43. The predicted octanol–water partition coefficient (Wildman–Crippen LogP) is 4.69. The van der Waals surface area contributed by atoms with Crippen molar-refractivity contribution in [2.45, 2.75) is 78.2 Å². The van der Waals surface area contributed by atoms with Crippen LogP contribution in [-0.2, 0) is 6.54 Å². The number of unbranched alkanes of at least 4 members (excludes halogenated alkanes) is 4. The second kappa shape index (κ2) is 9.34. The molecule has 22 heavy (non-hydrogen) atoms. The molecule has 2 rings (SSSR count). The maximum atomic E-state index is 4.55. The summed E-state index contributed by atoms with van der Waals surface area (Å²) in [7, 11) is 0. The van der Waals surface area contributed by atoms with Crippen molar-refractivity contribution in [2.24, 2.45) is 5.92 Å². The highest BCUT2D eigenvalue weighted by Crippen LogP contribution is 2.20. The zero-order valence-corrected chi connectivity index (χ0v) is 14.9. The summed E-state index contributed by atoms with van der Waals surface area (Å²) in [5, 5.41) is 4.55. The van der Waals surface area contributed by atoms with Gasteiger partial charge in [0.05, 0.1) is 6.20 Å². The Morgan fingerprint density at radius 2 is 2.05 bits per heavy atom. The van der Waals surface area contributed by atoms with Gasteiger partial charge in [0.1, 0.15) is 0 Å². The van der Waals surface area contributed by atoms with Crippen molar-refractivity contribution in [1.29, 1.82) is 0 Å². The van der Waals surface area contributed by atoms with E-state index in [1.54, 1.807) is 0 Å². The number of nitrogens with zero attached hydrogens (tertiary/aromatic N) is 3. The van der Waals surface area contributed by atoms with Crippen LogP contribution >= 0.6 is 0 Å². The van der Waals surface area contributed by atoms with Crippen LogP contribution < -0.4 is 0 Å². The van der Waals surface area contributed by atoms with Crippen molar-refractivity contribution in [2.75, 3.05) is 19.6 Å². The molecule has 3 nitrogen and oxygen atoms in total. The molecule has 0 saturated carbocycles. The fourth-order valence-corrected chi connectivity index (χ4v) is 3.48. The number of hydrogen-bond acceptors (Lipinski definition) is 2. The van der Waals surface area contributed by atoms with Gasteiger partial charge in [-0.25, -0.2) is 0 Å². The lowest BCUT2D eigenvalue weighted by molar-refractivity contribution is 0.157. The van der Waals surface area contributed by atoms with E-state index in [1.807, 2.05) is 6.20 Å². The number of aromatic nitrogens is 2. The van der Waals surface area contributed by atoms with Gasteiger partial charge in [0.2, 0.25) is 0 Å². The lowest BCUT2D eigenvalue weighted by Gasteiger charge is -2.32. The van der Waals surface area contributed by atoms with Crippen LogP contribution in [0.4, 0.5) is 0 Å². The van der Waals surface area contributed by atoms with Gasteiger partial charge in [0.15, 0.2) is 0 Å². The fraction of sp³-hybridized carbons (Fsp3) is 0.842. The molecule has 0 radical (unpaired) electrons. The van der Waals surface area contributed by atoms with Crippen molar-refractivity contribution in [1.82, 2.24) is 14.7 Å². The first-order valence-electron chi connectivity index (χ1n) is 9.43. The van der Waals surface area contributed by atoms with Gasteiger partial charge in [-0.3, -0.25) is 4.68 Å². The standard InChI is InChI=1S/C19H35N3/c1-4-5-6-7-8-11-21-12-9-10-18(14-21)15-22-16-19(13-20-22)17(2)3/h13,16-18H,4-12,14-15H2,1-3H3/t18-/m1/s1. The Kier molecular flexibility index (Phi) is 7.44. The van der Waals surface area contributed by atoms with Crippen LogP contribution in [0, 0.1) is 5.92 Å². The molecule has 0 aliphatic carbocycles. The van der Waals surface area contributed by atoms with Crippen LogP contribution in [0.15, 0.2) is 12.4 Å². The SMILES string of the molecule is CCCCCCCN1CCC[C@@H](Cn2cc(C(C)C)cn2)C1. The van der Waals surface area contributed by atoms with E-state index in [0.717, 1.165) is 12.5 Å². The Bertz CT molecular complexity index is 411. The summed E-state index contributed by atoms with van der Waals surface area (Å²) in [5.41, 5.74) is 1.36. The van der Waals surface area contributed by atoms with Crippen molar-refractivity contribution in [3.63, 3.8) is 0 Å². The molecule has 0 aromatic carbocycles. The van der Waals surface area contributed by atoms with E-state index in [-0.39, 0.29) is 0 Å². The van der Waals surface area contributed by atoms with E-state index in [0.29, 0.717) is 5.92 Å². The average Bonchev–Trinajstić information content (AvgIpc) is 2.96. The van der Waals surface area contributed by atoms with Gasteiger partial charge in [-0.15, -0.1) is 0 Å². The minimum Gasteiger partial charge on any atom is -0.303 e. The molecule has 1 aromatic rings. The number of likely N-dealkylation sites (tertiary alicyclic amines) is 1. The molecular formula is C19H35N3. The van der Waals surface area contributed by atoms with Gasteiger partial charge in [-0.1, -0.05) is 46.5 Å². The molecular weight excluding hydrogens is 270 g/mol. The van der Waals surface area contributed by atoms with Crippen molar-refractivity contribution >= 4 is 0 Å². The zero-order valence-electron chi connectivity index (χ0n) is 14.9. The van der Waals surface area contributed by atoms with Crippen LogP contribution in [0.25, 0.3) is 0 Å². The normalized spacial score (nSPS) is 19.9. The molecule has 3 heteroatoms. The second-order valence-electron chi connectivity index (χ2n) is 7.37. The van der Waals surface area contributed by atoms with E-state index in [1.165, 1.54) is 70.1 Å². The lowest BCUT2D eigenvalue weighted by Crippen LogP contribution is -2.37. The van der Waals surface area contributed by atoms with Crippen molar-refractivity contribution < 1.29 is 0 Å². The maximum Gasteiger partial charge on any atom is 0.0524 e. The van der Waals surface area contributed by atoms with E-state index in [9.17, 15) is 0 Å². The van der Waals surface area contributed by atoms with Crippen LogP contribution in [0.1, 0.15) is 77.2 Å². The van der Waals surface area contributed by atoms with E-state index < -0.39 is 0 Å². The Balaban J connectivity index is 1.70. The van der Waals surface area contributed by atoms with Gasteiger partial charge < -0.3 is 4.90 Å². The minimum atomic E-state index is 0.583. The van der Waals surface area contributed by atoms with Crippen LogP contribution in [0.3, 0.4) is 0 Å². The molecule has 1 atom stereocenters. The van der Waals surface area contributed by atoms with Gasteiger partial charge in [-0.2, -0.15) is 5.10 Å². The van der Waals surface area contributed by atoms with E-state index >= 15 is 0 Å². The highest BCUT2D eigenvalue weighted by Gasteiger charge is 2.20. The topological polar surface area (TPSA) is 21.1 Å². The third kappa shape index (κ3) is 5.75. The summed E-state index contributed by atoms with van der Waals surface area (Å²) in [6.45, 7) is 11.7. The van der Waals surface area contributed by atoms with Crippen molar-refractivity contribution in [3.8, 4) is 0 Å². The quantitative estimate of drug-likeness (QED) is 0.617. The van der Waals surface area contributed by atoms with Gasteiger partial charge in [0.25, 0.3) is 0 Å². The zero-order chi connectivity index (χ0) is 15.8. The summed E-state index contributed by atoms with van der Waals surface area (Å²) >= 11 is 0. The number of hydrogen-bond donors (Lipinski definition) is 0. The summed E-state index contributed by atoms with van der Waals surface area (Å²) in [4.78, 5) is 2.69. The molecule has 1 fully saturated rings. The molecule has 2 heterocycles. The van der Waals surface area contributed by atoms with E-state index in [2.05, 4.69) is 41.6 Å². The second-order valence-corrected chi connectivity index (χ2v) is 7.37. The predicted molar refractivity (Wildman–Crippen MR) is 94.2 cm³/mol. The molecule has 0 unspecified atom stereocenters. The average molecular weight is 306 g/mol. The molecule has 0 bridgehead atoms. The fourth-order valence-electron chi connectivity index (χ4n) is 3.48. The third-order valence-electron chi connectivity index (χ3n) is 4.95.